The van der Waals surface area contributed by atoms with E-state index < -0.39 is 5.97 Å². The Labute approximate surface area is 150 Å². The molecule has 1 aliphatic carbocycles. The Kier molecular flexibility index (Phi) is 11.4. The van der Waals surface area contributed by atoms with Gasteiger partial charge in [-0.05, 0) is 50.2 Å². The fourth-order valence-electron chi connectivity index (χ4n) is 3.71. The largest absolute Gasteiger partial charge is 0.481 e. The van der Waals surface area contributed by atoms with Crippen LogP contribution in [0.15, 0.2) is 0 Å². The van der Waals surface area contributed by atoms with Crippen LogP contribution in [0.2, 0.25) is 0 Å². The second-order valence-corrected chi connectivity index (χ2v) is 8.15. The second kappa shape index (κ2) is 12.8. The van der Waals surface area contributed by atoms with Gasteiger partial charge in [0, 0.05) is 12.3 Å². The van der Waals surface area contributed by atoms with Crippen LogP contribution in [-0.2, 0) is 9.59 Å². The normalized spacial score (nSPS) is 22.0. The molecule has 4 nitrogen and oxygen atoms in total. The predicted octanol–water partition coefficient (Wildman–Crippen LogP) is 4.29. The summed E-state index contributed by atoms with van der Waals surface area (Å²) in [6.07, 6.45) is 10.7. The zero-order valence-electron chi connectivity index (χ0n) is 15.0. The maximum atomic E-state index is 12.1. The summed E-state index contributed by atoms with van der Waals surface area (Å²) in [5, 5.41) is 18.4. The van der Waals surface area contributed by atoms with Crippen molar-refractivity contribution >= 4 is 23.5 Å². The van der Waals surface area contributed by atoms with Gasteiger partial charge in [0.2, 0.25) is 0 Å². The van der Waals surface area contributed by atoms with Gasteiger partial charge in [-0.3, -0.25) is 9.59 Å². The average Bonchev–Trinajstić information content (AvgIpc) is 2.88. The van der Waals surface area contributed by atoms with Gasteiger partial charge in [0.1, 0.15) is 5.78 Å². The molecule has 0 saturated heterocycles. The van der Waals surface area contributed by atoms with E-state index in [0.717, 1.165) is 76.4 Å². The molecule has 5 heteroatoms. The highest BCUT2D eigenvalue weighted by atomic mass is 32.2. The summed E-state index contributed by atoms with van der Waals surface area (Å²) in [5.74, 6) is 1.49. The smallest absolute Gasteiger partial charge is 0.313 e. The molecule has 1 unspecified atom stereocenters. The van der Waals surface area contributed by atoms with Crippen LogP contribution in [0.4, 0.5) is 0 Å². The van der Waals surface area contributed by atoms with Crippen molar-refractivity contribution < 1.29 is 19.8 Å². The Bertz CT molecular complexity index is 372. The molecular formula is C19H34O4S. The van der Waals surface area contributed by atoms with Crippen LogP contribution in [0.5, 0.6) is 0 Å². The quantitative estimate of drug-likeness (QED) is 0.453. The summed E-state index contributed by atoms with van der Waals surface area (Å²) >= 11 is 1.46. The Morgan fingerprint density at radius 3 is 2.67 bits per heavy atom. The minimum atomic E-state index is -0.755. The number of carboxylic acid groups (broad SMARTS) is 1. The van der Waals surface area contributed by atoms with Crippen molar-refractivity contribution in [3.63, 3.8) is 0 Å². The highest BCUT2D eigenvalue weighted by Gasteiger charge is 2.33. The third-order valence-electron chi connectivity index (χ3n) is 5.01. The van der Waals surface area contributed by atoms with Crippen LogP contribution in [0.1, 0.15) is 77.6 Å². The molecular weight excluding hydrogens is 324 g/mol. The first kappa shape index (κ1) is 21.5. The molecule has 1 rings (SSSR count). The topological polar surface area (TPSA) is 74.6 Å². The van der Waals surface area contributed by atoms with Crippen molar-refractivity contribution in [1.82, 2.24) is 0 Å². The van der Waals surface area contributed by atoms with Gasteiger partial charge in [-0.2, -0.15) is 11.8 Å². The van der Waals surface area contributed by atoms with E-state index in [1.807, 2.05) is 0 Å². The number of carboxylic acids is 1. The first-order valence-corrected chi connectivity index (χ1v) is 10.7. The molecule has 0 aromatic rings. The van der Waals surface area contributed by atoms with E-state index in [2.05, 4.69) is 6.92 Å². The molecule has 24 heavy (non-hydrogen) atoms. The number of hydrogen-bond donors (Lipinski definition) is 2. The SMILES string of the molecule is CCCC(O)CCCC[C@H]1CCC(=O)[C@@H]1CCCCSCC(=O)O. The molecule has 0 spiro atoms. The molecule has 0 aromatic heterocycles. The second-order valence-electron chi connectivity index (χ2n) is 7.04. The van der Waals surface area contributed by atoms with Gasteiger partial charge >= 0.3 is 5.97 Å². The Morgan fingerprint density at radius 1 is 1.21 bits per heavy atom. The van der Waals surface area contributed by atoms with E-state index in [4.69, 9.17) is 5.11 Å². The summed E-state index contributed by atoms with van der Waals surface area (Å²) in [6, 6.07) is 0. The highest BCUT2D eigenvalue weighted by Crippen LogP contribution is 2.36. The number of carbonyl (C=O) groups is 2. The van der Waals surface area contributed by atoms with E-state index in [-0.39, 0.29) is 17.8 Å². The first-order chi connectivity index (χ1) is 11.5. The van der Waals surface area contributed by atoms with Crippen LogP contribution >= 0.6 is 11.8 Å². The molecule has 1 aliphatic rings. The number of carbonyl (C=O) groups excluding carboxylic acids is 1. The van der Waals surface area contributed by atoms with E-state index in [1.165, 1.54) is 11.8 Å². The highest BCUT2D eigenvalue weighted by molar-refractivity contribution is 7.99. The van der Waals surface area contributed by atoms with Gasteiger partial charge in [0.25, 0.3) is 0 Å². The third kappa shape index (κ3) is 9.07. The van der Waals surface area contributed by atoms with Gasteiger partial charge in [-0.15, -0.1) is 0 Å². The van der Waals surface area contributed by atoms with Gasteiger partial charge in [-0.1, -0.05) is 32.6 Å². The van der Waals surface area contributed by atoms with E-state index in [9.17, 15) is 14.7 Å². The molecule has 3 atom stereocenters. The molecule has 140 valence electrons. The third-order valence-corrected chi connectivity index (χ3v) is 6.04. The maximum absolute atomic E-state index is 12.1. The zero-order chi connectivity index (χ0) is 17.8. The Balaban J connectivity index is 2.15. The van der Waals surface area contributed by atoms with Crippen LogP contribution in [0, 0.1) is 11.8 Å². The molecule has 0 aliphatic heterocycles. The lowest BCUT2D eigenvalue weighted by Gasteiger charge is -2.18. The first-order valence-electron chi connectivity index (χ1n) is 9.54. The molecule has 2 N–H and O–H groups in total. The van der Waals surface area contributed by atoms with Crippen LogP contribution < -0.4 is 0 Å². The number of aliphatic carboxylic acids is 1. The lowest BCUT2D eigenvalue weighted by molar-refractivity contribution is -0.133. The standard InChI is InChI=1S/C19H34O4S/c1-2-7-16(20)9-4-3-8-15-11-12-18(21)17(15)10-5-6-13-24-14-19(22)23/h15-17,20H,2-14H2,1H3,(H,22,23)/t15-,16?,17+/m0/s1. The number of unbranched alkanes of at least 4 members (excludes halogenated alkanes) is 2. The minimum Gasteiger partial charge on any atom is -0.481 e. The van der Waals surface area contributed by atoms with Crippen molar-refractivity contribution in [3.8, 4) is 0 Å². The summed E-state index contributed by atoms with van der Waals surface area (Å²) in [6.45, 7) is 2.10. The summed E-state index contributed by atoms with van der Waals surface area (Å²) < 4.78 is 0. The van der Waals surface area contributed by atoms with Crippen molar-refractivity contribution in [2.75, 3.05) is 11.5 Å². The molecule has 0 bridgehead atoms. The van der Waals surface area contributed by atoms with Gasteiger partial charge in [-0.25, -0.2) is 0 Å². The van der Waals surface area contributed by atoms with Crippen LogP contribution in [0.3, 0.4) is 0 Å². The van der Waals surface area contributed by atoms with E-state index >= 15 is 0 Å². The number of thioether (sulfide) groups is 1. The molecule has 0 heterocycles. The van der Waals surface area contributed by atoms with Gasteiger partial charge < -0.3 is 10.2 Å². The Morgan fingerprint density at radius 2 is 1.96 bits per heavy atom. The van der Waals surface area contributed by atoms with Crippen molar-refractivity contribution in [2.24, 2.45) is 11.8 Å². The number of aliphatic hydroxyl groups is 1. The molecule has 0 aromatic carbocycles. The van der Waals surface area contributed by atoms with E-state index in [1.54, 1.807) is 0 Å². The fraction of sp³-hybridized carbons (Fsp3) is 0.895. The monoisotopic (exact) mass is 358 g/mol. The lowest BCUT2D eigenvalue weighted by atomic mass is 9.86. The molecule has 1 saturated carbocycles. The van der Waals surface area contributed by atoms with Crippen LogP contribution in [0.25, 0.3) is 0 Å². The van der Waals surface area contributed by atoms with E-state index in [0.29, 0.717) is 11.7 Å². The number of rotatable bonds is 14. The molecule has 0 radical (unpaired) electrons. The lowest BCUT2D eigenvalue weighted by Crippen LogP contribution is -2.15. The van der Waals surface area contributed by atoms with Crippen molar-refractivity contribution in [2.45, 2.75) is 83.7 Å². The summed E-state index contributed by atoms with van der Waals surface area (Å²) in [4.78, 5) is 22.5. The van der Waals surface area contributed by atoms with Crippen LogP contribution in [-0.4, -0.2) is 39.6 Å². The summed E-state index contributed by atoms with van der Waals surface area (Å²) in [7, 11) is 0. The molecule has 1 fully saturated rings. The van der Waals surface area contributed by atoms with Gasteiger partial charge in [0.05, 0.1) is 11.9 Å². The fourth-order valence-corrected chi connectivity index (χ4v) is 4.44. The average molecular weight is 359 g/mol. The number of aliphatic hydroxyl groups excluding tert-OH is 1. The zero-order valence-corrected chi connectivity index (χ0v) is 15.9. The number of Topliss-reactive ketones (excluding diaryl/α,β-unsaturated/α-hetero) is 1. The number of hydrogen-bond acceptors (Lipinski definition) is 4. The Hall–Kier alpha value is -0.550. The minimum absolute atomic E-state index is 0.153. The molecule has 0 amide bonds. The summed E-state index contributed by atoms with van der Waals surface area (Å²) in [5.41, 5.74) is 0. The van der Waals surface area contributed by atoms with Crippen molar-refractivity contribution in [3.05, 3.63) is 0 Å². The maximum Gasteiger partial charge on any atom is 0.313 e. The van der Waals surface area contributed by atoms with Gasteiger partial charge in [0.15, 0.2) is 0 Å². The predicted molar refractivity (Wildman–Crippen MR) is 99.4 cm³/mol. The number of ketones is 1. The van der Waals surface area contributed by atoms with Crippen molar-refractivity contribution in [1.29, 1.82) is 0 Å².